The monoisotopic (exact) mass is 357 g/mol. The smallest absolute Gasteiger partial charge is 0.235 e. The molecule has 1 aromatic rings. The van der Waals surface area contributed by atoms with Crippen LogP contribution < -0.4 is 9.47 Å². The summed E-state index contributed by atoms with van der Waals surface area (Å²) < 4.78 is 15.9. The predicted octanol–water partition coefficient (Wildman–Crippen LogP) is -0.879. The molecule has 0 aliphatic carbocycles. The second-order valence-electron chi connectivity index (χ2n) is 5.33. The van der Waals surface area contributed by atoms with Crippen molar-refractivity contribution >= 4 is 6.08 Å². The number of aliphatic hydroxyl groups is 4. The Bertz CT molecular complexity index is 633. The molecule has 1 fully saturated rings. The van der Waals surface area contributed by atoms with Crippen molar-refractivity contribution in [3.63, 3.8) is 0 Å². The van der Waals surface area contributed by atoms with E-state index in [-0.39, 0.29) is 11.5 Å². The summed E-state index contributed by atoms with van der Waals surface area (Å²) in [5.74, 6) is 0.354. The molecule has 25 heavy (non-hydrogen) atoms. The molecule has 10 nitrogen and oxygen atoms in total. The summed E-state index contributed by atoms with van der Waals surface area (Å²) in [5, 5.41) is 49.1. The fourth-order valence-corrected chi connectivity index (χ4v) is 2.33. The minimum absolute atomic E-state index is 0.0947. The van der Waals surface area contributed by atoms with Gasteiger partial charge in [0.2, 0.25) is 12.5 Å². The Balaban J connectivity index is 2.25. The number of aliphatic hydroxyl groups excluding tert-OH is 4. The van der Waals surface area contributed by atoms with Gasteiger partial charge in [-0.05, 0) is 17.7 Å². The molecular weight excluding hydrogens is 338 g/mol. The van der Waals surface area contributed by atoms with Crippen LogP contribution in [0.1, 0.15) is 5.56 Å². The van der Waals surface area contributed by atoms with Crippen molar-refractivity contribution in [2.24, 2.45) is 0 Å². The van der Waals surface area contributed by atoms with Crippen molar-refractivity contribution < 1.29 is 39.6 Å². The van der Waals surface area contributed by atoms with Gasteiger partial charge >= 0.3 is 0 Å². The molecule has 138 valence electrons. The third kappa shape index (κ3) is 4.44. The highest BCUT2D eigenvalue weighted by Gasteiger charge is 2.44. The molecule has 1 heterocycles. The second kappa shape index (κ2) is 8.23. The average molecular weight is 357 g/mol. The molecule has 10 heteroatoms. The first-order valence-electron chi connectivity index (χ1n) is 7.34. The summed E-state index contributed by atoms with van der Waals surface area (Å²) in [7, 11) is 1.38. The van der Waals surface area contributed by atoms with Crippen LogP contribution in [0.2, 0.25) is 0 Å². The van der Waals surface area contributed by atoms with Crippen molar-refractivity contribution in [3.05, 3.63) is 40.1 Å². The number of methoxy groups -OCH3 is 1. The molecule has 0 bridgehead atoms. The van der Waals surface area contributed by atoms with Gasteiger partial charge in [0, 0.05) is 6.08 Å². The van der Waals surface area contributed by atoms with Gasteiger partial charge in [0.25, 0.3) is 0 Å². The molecule has 0 radical (unpaired) electrons. The minimum Gasteiger partial charge on any atom is -0.493 e. The molecule has 5 atom stereocenters. The van der Waals surface area contributed by atoms with Crippen LogP contribution in [-0.2, 0) is 4.74 Å². The third-order valence-corrected chi connectivity index (χ3v) is 3.67. The molecule has 4 N–H and O–H groups in total. The molecule has 1 saturated heterocycles. The van der Waals surface area contributed by atoms with Crippen LogP contribution in [0.25, 0.3) is 6.08 Å². The molecule has 1 aliphatic heterocycles. The van der Waals surface area contributed by atoms with Gasteiger partial charge in [0.05, 0.1) is 18.6 Å². The van der Waals surface area contributed by atoms with E-state index in [4.69, 9.17) is 14.2 Å². The molecule has 1 aliphatic rings. The van der Waals surface area contributed by atoms with Crippen LogP contribution in [0.5, 0.6) is 11.5 Å². The number of hydrogen-bond donors (Lipinski definition) is 4. The summed E-state index contributed by atoms with van der Waals surface area (Å²) in [5.41, 5.74) is 0.428. The summed E-state index contributed by atoms with van der Waals surface area (Å²) in [6.45, 7) is -0.590. The van der Waals surface area contributed by atoms with Crippen molar-refractivity contribution in [2.75, 3.05) is 13.7 Å². The maximum atomic E-state index is 10.4. The normalized spacial score (nSPS) is 29.6. The number of benzene rings is 1. The molecule has 0 saturated carbocycles. The zero-order chi connectivity index (χ0) is 18.6. The van der Waals surface area contributed by atoms with E-state index in [1.807, 2.05) is 0 Å². The van der Waals surface area contributed by atoms with Gasteiger partial charge in [0.15, 0.2) is 11.5 Å². The average Bonchev–Trinajstić information content (AvgIpc) is 2.60. The van der Waals surface area contributed by atoms with Gasteiger partial charge in [0.1, 0.15) is 24.4 Å². The third-order valence-electron chi connectivity index (χ3n) is 3.67. The Morgan fingerprint density at radius 1 is 1.24 bits per heavy atom. The summed E-state index contributed by atoms with van der Waals surface area (Å²) in [6, 6.07) is 4.47. The SMILES string of the molecule is COc1ccc(/C=C/[N+](=O)[O-])cc1O[C@@H]1O[C@H](CO)[C@@H](O)[C@H](O)[C@H]1O. The Labute approximate surface area is 142 Å². The van der Waals surface area contributed by atoms with Crippen molar-refractivity contribution in [2.45, 2.75) is 30.7 Å². The first-order chi connectivity index (χ1) is 11.9. The van der Waals surface area contributed by atoms with Crippen LogP contribution in [0, 0.1) is 10.1 Å². The van der Waals surface area contributed by atoms with E-state index in [9.17, 15) is 30.5 Å². The number of rotatable bonds is 6. The van der Waals surface area contributed by atoms with E-state index >= 15 is 0 Å². The Morgan fingerprint density at radius 3 is 2.56 bits per heavy atom. The maximum Gasteiger partial charge on any atom is 0.235 e. The lowest BCUT2D eigenvalue weighted by molar-refractivity contribution is -0.400. The van der Waals surface area contributed by atoms with Crippen molar-refractivity contribution in [1.82, 2.24) is 0 Å². The molecule has 0 unspecified atom stereocenters. The highest BCUT2D eigenvalue weighted by molar-refractivity contribution is 5.55. The van der Waals surface area contributed by atoms with Crippen LogP contribution in [0.3, 0.4) is 0 Å². The first kappa shape index (κ1) is 19.1. The fraction of sp³-hybridized carbons (Fsp3) is 0.467. The molecule has 1 aromatic carbocycles. The van der Waals surface area contributed by atoms with E-state index in [0.29, 0.717) is 5.56 Å². The van der Waals surface area contributed by atoms with Gasteiger partial charge in [-0.15, -0.1) is 0 Å². The van der Waals surface area contributed by atoms with E-state index in [2.05, 4.69) is 0 Å². The Kier molecular flexibility index (Phi) is 6.28. The Hall–Kier alpha value is -2.24. The number of hydrogen-bond acceptors (Lipinski definition) is 9. The summed E-state index contributed by atoms with van der Waals surface area (Å²) >= 11 is 0. The predicted molar refractivity (Wildman–Crippen MR) is 83.4 cm³/mol. The first-order valence-corrected chi connectivity index (χ1v) is 7.34. The molecule has 2 rings (SSSR count). The zero-order valence-electron chi connectivity index (χ0n) is 13.3. The highest BCUT2D eigenvalue weighted by atomic mass is 16.7. The van der Waals surface area contributed by atoms with E-state index in [0.717, 1.165) is 6.20 Å². The van der Waals surface area contributed by atoms with Crippen molar-refractivity contribution in [1.29, 1.82) is 0 Å². The lowest BCUT2D eigenvalue weighted by Crippen LogP contribution is -2.60. The molecule has 0 spiro atoms. The highest BCUT2D eigenvalue weighted by Crippen LogP contribution is 2.32. The standard InChI is InChI=1S/C15H19NO9/c1-23-9-3-2-8(4-5-16(21)22)6-10(9)24-15-14(20)13(19)12(18)11(7-17)25-15/h2-6,11-15,17-20H,7H2,1H3/b5-4+/t11-,12-,13+,14-,15-/m1/s1. The summed E-state index contributed by atoms with van der Waals surface area (Å²) in [4.78, 5) is 9.79. The minimum atomic E-state index is -1.58. The van der Waals surface area contributed by atoms with E-state index in [1.54, 1.807) is 6.07 Å². The largest absolute Gasteiger partial charge is 0.493 e. The van der Waals surface area contributed by atoms with Gasteiger partial charge in [-0.3, -0.25) is 10.1 Å². The van der Waals surface area contributed by atoms with Crippen molar-refractivity contribution in [3.8, 4) is 11.5 Å². The van der Waals surface area contributed by atoms with Crippen LogP contribution in [-0.4, -0.2) is 69.8 Å². The lowest BCUT2D eigenvalue weighted by Gasteiger charge is -2.39. The second-order valence-corrected chi connectivity index (χ2v) is 5.33. The summed E-state index contributed by atoms with van der Waals surface area (Å²) in [6.07, 6.45) is -5.19. The van der Waals surface area contributed by atoms with E-state index in [1.165, 1.54) is 25.3 Å². The maximum absolute atomic E-state index is 10.4. The quantitative estimate of drug-likeness (QED) is 0.376. The molecule has 0 amide bonds. The number of nitrogens with zero attached hydrogens (tertiary/aromatic N) is 1. The molecular formula is C15H19NO9. The van der Waals surface area contributed by atoms with Gasteiger partial charge in [-0.2, -0.15) is 0 Å². The zero-order valence-corrected chi connectivity index (χ0v) is 13.3. The number of ether oxygens (including phenoxy) is 3. The van der Waals surface area contributed by atoms with Crippen LogP contribution in [0.4, 0.5) is 0 Å². The molecule has 0 aromatic heterocycles. The van der Waals surface area contributed by atoms with Gasteiger partial charge < -0.3 is 34.6 Å². The fourth-order valence-electron chi connectivity index (χ4n) is 2.33. The number of nitro groups is 1. The van der Waals surface area contributed by atoms with Gasteiger partial charge in [-0.1, -0.05) is 6.07 Å². The van der Waals surface area contributed by atoms with E-state index < -0.39 is 42.2 Å². The topological polar surface area (TPSA) is 152 Å². The Morgan fingerprint density at radius 2 is 1.96 bits per heavy atom. The van der Waals surface area contributed by atoms with Crippen LogP contribution in [0.15, 0.2) is 24.4 Å². The lowest BCUT2D eigenvalue weighted by atomic mass is 9.99. The van der Waals surface area contributed by atoms with Gasteiger partial charge in [-0.25, -0.2) is 0 Å². The van der Waals surface area contributed by atoms with Crippen LogP contribution >= 0.6 is 0 Å².